The smallest absolute Gasteiger partial charge is 0.333 e. The van der Waals surface area contributed by atoms with E-state index in [1.165, 1.54) is 25.4 Å². The molecule has 0 N–H and O–H groups in total. The molecule has 3 aromatic rings. The van der Waals surface area contributed by atoms with Gasteiger partial charge in [-0.25, -0.2) is 9.97 Å². The Morgan fingerprint density at radius 1 is 1.06 bits per heavy atom. The van der Waals surface area contributed by atoms with E-state index in [1.54, 1.807) is 0 Å². The number of amides is 1. The van der Waals surface area contributed by atoms with E-state index in [9.17, 15) is 41.3 Å². The lowest BCUT2D eigenvalue weighted by molar-refractivity contribution is -0.386. The van der Waals surface area contributed by atoms with Crippen molar-refractivity contribution < 1.29 is 36.1 Å². The number of rotatable bonds is 5. The second-order valence-electron chi connectivity index (χ2n) is 7.02. The molecule has 0 aliphatic carbocycles. The lowest BCUT2D eigenvalue weighted by Crippen LogP contribution is -2.32. The second-order valence-corrected chi connectivity index (χ2v) is 7.02. The summed E-state index contributed by atoms with van der Waals surface area (Å²) < 4.78 is 80.0. The van der Waals surface area contributed by atoms with Crippen molar-refractivity contribution in [1.82, 2.24) is 24.6 Å². The molecule has 1 amide bonds. The number of benzene rings is 1. The van der Waals surface area contributed by atoms with Crippen molar-refractivity contribution in [1.29, 1.82) is 0 Å². The van der Waals surface area contributed by atoms with Gasteiger partial charge in [-0.3, -0.25) is 14.9 Å². The molecule has 0 saturated carbocycles. The van der Waals surface area contributed by atoms with Crippen molar-refractivity contribution in [2.24, 2.45) is 0 Å². The Morgan fingerprint density at radius 3 is 2.06 bits per heavy atom. The van der Waals surface area contributed by atoms with Gasteiger partial charge in [0.05, 0.1) is 22.1 Å². The number of nitro groups is 1. The highest BCUT2D eigenvalue weighted by Gasteiger charge is 2.38. The molecule has 0 spiro atoms. The summed E-state index contributed by atoms with van der Waals surface area (Å²) in [7, 11) is 1.08. The summed E-state index contributed by atoms with van der Waals surface area (Å²) in [6.07, 6.45) is -6.79. The van der Waals surface area contributed by atoms with Crippen molar-refractivity contribution in [2.45, 2.75) is 25.3 Å². The Labute approximate surface area is 186 Å². The largest absolute Gasteiger partial charge is 0.416 e. The molecule has 0 bridgehead atoms. The van der Waals surface area contributed by atoms with Gasteiger partial charge in [0.2, 0.25) is 0 Å². The first-order valence-electron chi connectivity index (χ1n) is 9.28. The Morgan fingerprint density at radius 2 is 1.59 bits per heavy atom. The van der Waals surface area contributed by atoms with Gasteiger partial charge in [0, 0.05) is 25.0 Å². The third-order valence-corrected chi connectivity index (χ3v) is 4.86. The molecule has 9 nitrogen and oxygen atoms in total. The molecule has 34 heavy (non-hydrogen) atoms. The van der Waals surface area contributed by atoms with Gasteiger partial charge >= 0.3 is 18.0 Å². The van der Waals surface area contributed by atoms with Gasteiger partial charge in [0.15, 0.2) is 0 Å². The lowest BCUT2D eigenvalue weighted by atomic mass is 10.0. The standard InChI is InChI=1S/C19H14F6N6O3/c1-10(15-14(31(33)34)9-28-30(15)17-26-4-3-5-27-17)29(2)16(32)11-6-12(18(20,21)22)8-13(7-11)19(23,24)25/h3-10H,1-2H3. The molecule has 0 fully saturated rings. The molecule has 0 saturated heterocycles. The first-order chi connectivity index (χ1) is 15.7. The van der Waals surface area contributed by atoms with Crippen LogP contribution < -0.4 is 0 Å². The van der Waals surface area contributed by atoms with E-state index in [0.29, 0.717) is 0 Å². The minimum absolute atomic E-state index is 0.100. The molecular formula is C19H14F6N6O3. The number of hydrogen-bond donors (Lipinski definition) is 0. The normalized spacial score (nSPS) is 12.9. The third kappa shape index (κ3) is 4.82. The molecule has 2 heterocycles. The van der Waals surface area contributed by atoms with Gasteiger partial charge in [-0.1, -0.05) is 0 Å². The summed E-state index contributed by atoms with van der Waals surface area (Å²) in [4.78, 5) is 32.2. The SMILES string of the molecule is CC(c1c([N+](=O)[O-])cnn1-c1ncccn1)N(C)C(=O)c1cc(C(F)(F)F)cc(C(F)(F)F)c1. The van der Waals surface area contributed by atoms with Crippen molar-refractivity contribution in [2.75, 3.05) is 7.05 Å². The molecule has 0 aliphatic heterocycles. The monoisotopic (exact) mass is 488 g/mol. The summed E-state index contributed by atoms with van der Waals surface area (Å²) in [6, 6.07) is 0.696. The molecule has 180 valence electrons. The number of nitrogens with zero attached hydrogens (tertiary/aromatic N) is 6. The van der Waals surface area contributed by atoms with E-state index in [4.69, 9.17) is 0 Å². The zero-order chi connectivity index (χ0) is 25.4. The van der Waals surface area contributed by atoms with E-state index >= 15 is 0 Å². The Bertz CT molecular complexity index is 1190. The van der Waals surface area contributed by atoms with Crippen LogP contribution in [-0.4, -0.2) is 42.5 Å². The molecule has 0 radical (unpaired) electrons. The van der Waals surface area contributed by atoms with E-state index in [1.807, 2.05) is 0 Å². The molecule has 15 heteroatoms. The summed E-state index contributed by atoms with van der Waals surface area (Å²) in [5.41, 5.74) is -5.00. The minimum atomic E-state index is -5.15. The number of carbonyl (C=O) groups is 1. The summed E-state index contributed by atoms with van der Waals surface area (Å²) in [6.45, 7) is 1.29. The van der Waals surface area contributed by atoms with E-state index in [0.717, 1.165) is 22.8 Å². The predicted octanol–water partition coefficient (Wildman–Crippen LogP) is 4.44. The maximum Gasteiger partial charge on any atom is 0.416 e. The molecule has 3 rings (SSSR count). The summed E-state index contributed by atoms with van der Waals surface area (Å²) in [5.74, 6) is -1.34. The fourth-order valence-electron chi connectivity index (χ4n) is 3.08. The van der Waals surface area contributed by atoms with Gasteiger partial charge < -0.3 is 4.90 Å². The summed E-state index contributed by atoms with van der Waals surface area (Å²) >= 11 is 0. The fraction of sp³-hybridized carbons (Fsp3) is 0.263. The van der Waals surface area contributed by atoms with Gasteiger partial charge in [-0.2, -0.15) is 36.1 Å². The maximum absolute atomic E-state index is 13.2. The Kier molecular flexibility index (Phi) is 6.31. The number of aromatic nitrogens is 4. The van der Waals surface area contributed by atoms with Crippen LogP contribution in [-0.2, 0) is 12.4 Å². The predicted molar refractivity (Wildman–Crippen MR) is 103 cm³/mol. The van der Waals surface area contributed by atoms with Gasteiger partial charge in [-0.05, 0) is 31.2 Å². The van der Waals surface area contributed by atoms with Gasteiger partial charge in [0.25, 0.3) is 11.9 Å². The number of halogens is 6. The van der Waals surface area contributed by atoms with Crippen LogP contribution in [0, 0.1) is 10.1 Å². The van der Waals surface area contributed by atoms with Gasteiger partial charge in [0.1, 0.15) is 11.9 Å². The number of carbonyl (C=O) groups excluding carboxylic acids is 1. The van der Waals surface area contributed by atoms with Crippen LogP contribution in [0.15, 0.2) is 42.9 Å². The fourth-order valence-corrected chi connectivity index (χ4v) is 3.08. The highest BCUT2D eigenvalue weighted by Crippen LogP contribution is 2.37. The van der Waals surface area contributed by atoms with Crippen molar-refractivity contribution in [3.63, 3.8) is 0 Å². The average molecular weight is 488 g/mol. The third-order valence-electron chi connectivity index (χ3n) is 4.86. The number of hydrogen-bond acceptors (Lipinski definition) is 6. The lowest BCUT2D eigenvalue weighted by Gasteiger charge is -2.25. The topological polar surface area (TPSA) is 107 Å². The molecular weight excluding hydrogens is 474 g/mol. The molecule has 1 aromatic carbocycles. The number of alkyl halides is 6. The maximum atomic E-state index is 13.2. The van der Waals surface area contributed by atoms with Crippen LogP contribution in [0.2, 0.25) is 0 Å². The molecule has 0 aliphatic rings. The zero-order valence-electron chi connectivity index (χ0n) is 17.3. The van der Waals surface area contributed by atoms with Crippen molar-refractivity contribution in [3.8, 4) is 5.95 Å². The van der Waals surface area contributed by atoms with E-state index in [-0.39, 0.29) is 29.8 Å². The molecule has 2 aromatic heterocycles. The van der Waals surface area contributed by atoms with Crippen molar-refractivity contribution in [3.05, 3.63) is 75.4 Å². The average Bonchev–Trinajstić information content (AvgIpc) is 3.22. The van der Waals surface area contributed by atoms with E-state index < -0.39 is 51.6 Å². The van der Waals surface area contributed by atoms with Gasteiger partial charge in [-0.15, -0.1) is 0 Å². The highest BCUT2D eigenvalue weighted by atomic mass is 19.4. The van der Waals surface area contributed by atoms with Crippen LogP contribution in [0.25, 0.3) is 5.95 Å². The van der Waals surface area contributed by atoms with E-state index in [2.05, 4.69) is 15.1 Å². The van der Waals surface area contributed by atoms with Crippen LogP contribution in [0.5, 0.6) is 0 Å². The van der Waals surface area contributed by atoms with Crippen LogP contribution in [0.1, 0.15) is 40.1 Å². The molecule has 1 unspecified atom stereocenters. The first-order valence-corrected chi connectivity index (χ1v) is 9.28. The Balaban J connectivity index is 2.08. The van der Waals surface area contributed by atoms with Crippen LogP contribution in [0.4, 0.5) is 32.0 Å². The van der Waals surface area contributed by atoms with Crippen LogP contribution in [0.3, 0.4) is 0 Å². The minimum Gasteiger partial charge on any atom is -0.333 e. The Hall–Kier alpha value is -4.04. The van der Waals surface area contributed by atoms with Crippen molar-refractivity contribution >= 4 is 11.6 Å². The van der Waals surface area contributed by atoms with Crippen LogP contribution >= 0.6 is 0 Å². The summed E-state index contributed by atoms with van der Waals surface area (Å²) in [5, 5.41) is 15.4. The molecule has 1 atom stereocenters. The highest BCUT2D eigenvalue weighted by molar-refractivity contribution is 5.94. The second kappa shape index (κ2) is 8.72. The first kappa shape index (κ1) is 24.6. The quantitative estimate of drug-likeness (QED) is 0.299. The zero-order valence-corrected chi connectivity index (χ0v) is 17.3.